The first-order chi connectivity index (χ1) is 6.65. The van der Waals surface area contributed by atoms with Gasteiger partial charge in [0.25, 0.3) is 0 Å². The van der Waals surface area contributed by atoms with Gasteiger partial charge < -0.3 is 10.1 Å². The Morgan fingerprint density at radius 3 is 2.71 bits per heavy atom. The lowest BCUT2D eigenvalue weighted by Gasteiger charge is -2.20. The maximum atomic E-state index is 11.0. The number of amides is 1. The van der Waals surface area contributed by atoms with Crippen molar-refractivity contribution in [2.45, 2.75) is 26.7 Å². The van der Waals surface area contributed by atoms with E-state index in [0.29, 0.717) is 13.0 Å². The molecule has 1 heterocycles. The number of esters is 1. The summed E-state index contributed by atoms with van der Waals surface area (Å²) in [6.45, 7) is 4.57. The summed E-state index contributed by atoms with van der Waals surface area (Å²) >= 11 is 0. The number of nitrogens with one attached hydrogen (secondary N) is 1. The third-order valence-corrected chi connectivity index (χ3v) is 2.12. The monoisotopic (exact) mass is 197 g/mol. The SMILES string of the molecule is CCCC(=O)OCC(C)=C1CNC1=O. The van der Waals surface area contributed by atoms with Crippen LogP contribution in [0.4, 0.5) is 0 Å². The van der Waals surface area contributed by atoms with Crippen LogP contribution in [-0.2, 0) is 14.3 Å². The lowest BCUT2D eigenvalue weighted by Crippen LogP contribution is -2.42. The van der Waals surface area contributed by atoms with Crippen LogP contribution in [0.5, 0.6) is 0 Å². The van der Waals surface area contributed by atoms with Gasteiger partial charge in [-0.3, -0.25) is 9.59 Å². The van der Waals surface area contributed by atoms with Crippen molar-refractivity contribution in [3.05, 3.63) is 11.1 Å². The average molecular weight is 197 g/mol. The summed E-state index contributed by atoms with van der Waals surface area (Å²) in [4.78, 5) is 21.9. The molecule has 0 bridgehead atoms. The first-order valence-corrected chi connectivity index (χ1v) is 4.77. The number of hydrogen-bond donors (Lipinski definition) is 1. The van der Waals surface area contributed by atoms with Crippen LogP contribution in [-0.4, -0.2) is 25.0 Å². The number of carbonyl (C=O) groups excluding carboxylic acids is 2. The summed E-state index contributed by atoms with van der Waals surface area (Å²) in [6.07, 6.45) is 1.23. The van der Waals surface area contributed by atoms with Crippen LogP contribution in [0.15, 0.2) is 11.1 Å². The second-order valence-corrected chi connectivity index (χ2v) is 3.35. The minimum atomic E-state index is -0.202. The number of rotatable bonds is 4. The third-order valence-electron chi connectivity index (χ3n) is 2.12. The van der Waals surface area contributed by atoms with Gasteiger partial charge in [0.15, 0.2) is 0 Å². The van der Waals surface area contributed by atoms with E-state index in [1.54, 1.807) is 0 Å². The van der Waals surface area contributed by atoms with Crippen LogP contribution < -0.4 is 5.32 Å². The van der Waals surface area contributed by atoms with Crippen molar-refractivity contribution in [1.82, 2.24) is 5.32 Å². The Hall–Kier alpha value is -1.32. The van der Waals surface area contributed by atoms with Gasteiger partial charge in [0.2, 0.25) is 5.91 Å². The Kier molecular flexibility index (Phi) is 3.68. The Labute approximate surface area is 83.3 Å². The van der Waals surface area contributed by atoms with Gasteiger partial charge in [-0.05, 0) is 18.9 Å². The third kappa shape index (κ3) is 2.58. The summed E-state index contributed by atoms with van der Waals surface area (Å²) in [5, 5.41) is 2.61. The quantitative estimate of drug-likeness (QED) is 0.411. The predicted molar refractivity (Wildman–Crippen MR) is 51.6 cm³/mol. The summed E-state index contributed by atoms with van der Waals surface area (Å²) < 4.78 is 4.97. The highest BCUT2D eigenvalue weighted by Gasteiger charge is 2.21. The topological polar surface area (TPSA) is 55.4 Å². The molecule has 4 nitrogen and oxygen atoms in total. The van der Waals surface area contributed by atoms with E-state index < -0.39 is 0 Å². The van der Waals surface area contributed by atoms with Crippen molar-refractivity contribution in [2.75, 3.05) is 13.2 Å². The van der Waals surface area contributed by atoms with Crippen molar-refractivity contribution in [3.63, 3.8) is 0 Å². The highest BCUT2D eigenvalue weighted by atomic mass is 16.5. The number of hydrogen-bond acceptors (Lipinski definition) is 3. The predicted octanol–water partition coefficient (Wildman–Crippen LogP) is 0.776. The molecular formula is C10H15NO3. The van der Waals surface area contributed by atoms with Crippen LogP contribution in [0.3, 0.4) is 0 Å². The van der Waals surface area contributed by atoms with Crippen molar-refractivity contribution >= 4 is 11.9 Å². The molecule has 14 heavy (non-hydrogen) atoms. The first kappa shape index (κ1) is 10.8. The minimum absolute atomic E-state index is 0.0472. The molecule has 1 aliphatic rings. The molecule has 0 radical (unpaired) electrons. The molecule has 0 aromatic carbocycles. The summed E-state index contributed by atoms with van der Waals surface area (Å²) in [7, 11) is 0. The van der Waals surface area contributed by atoms with E-state index in [4.69, 9.17) is 4.74 Å². The van der Waals surface area contributed by atoms with Gasteiger partial charge in [-0.15, -0.1) is 0 Å². The van der Waals surface area contributed by atoms with Crippen molar-refractivity contribution in [2.24, 2.45) is 0 Å². The van der Waals surface area contributed by atoms with Gasteiger partial charge in [-0.2, -0.15) is 0 Å². The van der Waals surface area contributed by atoms with Gasteiger partial charge in [-0.1, -0.05) is 6.92 Å². The number of β-lactam (4-membered cyclic amide) rings is 1. The average Bonchev–Trinajstić information content (AvgIpc) is 2.13. The number of ether oxygens (including phenoxy) is 1. The van der Waals surface area contributed by atoms with Crippen LogP contribution in [0.2, 0.25) is 0 Å². The molecule has 0 aromatic rings. The number of carbonyl (C=O) groups is 2. The molecule has 0 atom stereocenters. The molecule has 1 rings (SSSR count). The molecule has 78 valence electrons. The van der Waals surface area contributed by atoms with E-state index in [-0.39, 0.29) is 18.5 Å². The fourth-order valence-electron chi connectivity index (χ4n) is 1.15. The molecule has 0 aromatic heterocycles. The van der Waals surface area contributed by atoms with E-state index in [2.05, 4.69) is 5.32 Å². The van der Waals surface area contributed by atoms with E-state index >= 15 is 0 Å². The Balaban J connectivity index is 2.34. The zero-order valence-corrected chi connectivity index (χ0v) is 8.55. The van der Waals surface area contributed by atoms with Crippen LogP contribution in [0, 0.1) is 0 Å². The maximum Gasteiger partial charge on any atom is 0.306 e. The highest BCUT2D eigenvalue weighted by Crippen LogP contribution is 2.10. The Bertz CT molecular complexity index is 281. The smallest absolute Gasteiger partial charge is 0.306 e. The Morgan fingerprint density at radius 1 is 1.57 bits per heavy atom. The molecule has 0 aliphatic carbocycles. The van der Waals surface area contributed by atoms with Crippen LogP contribution >= 0.6 is 0 Å². The maximum absolute atomic E-state index is 11.0. The van der Waals surface area contributed by atoms with Gasteiger partial charge in [0, 0.05) is 18.5 Å². The van der Waals surface area contributed by atoms with Crippen LogP contribution in [0.25, 0.3) is 0 Å². The van der Waals surface area contributed by atoms with Gasteiger partial charge >= 0.3 is 5.97 Å². The van der Waals surface area contributed by atoms with E-state index in [0.717, 1.165) is 17.6 Å². The normalized spacial score (nSPS) is 18.3. The molecule has 1 N–H and O–H groups in total. The minimum Gasteiger partial charge on any atom is -0.461 e. The fourth-order valence-corrected chi connectivity index (χ4v) is 1.15. The second-order valence-electron chi connectivity index (χ2n) is 3.35. The molecule has 1 amide bonds. The molecule has 0 unspecified atom stereocenters. The van der Waals surface area contributed by atoms with Gasteiger partial charge in [0.1, 0.15) is 6.61 Å². The fraction of sp³-hybridized carbons (Fsp3) is 0.600. The summed E-state index contributed by atoms with van der Waals surface area (Å²) in [5.74, 6) is -0.249. The second kappa shape index (κ2) is 4.79. The van der Waals surface area contributed by atoms with E-state index in [1.807, 2.05) is 13.8 Å². The van der Waals surface area contributed by atoms with Crippen LogP contribution in [0.1, 0.15) is 26.7 Å². The lowest BCUT2D eigenvalue weighted by molar-refractivity contribution is -0.142. The van der Waals surface area contributed by atoms with Crippen molar-refractivity contribution in [3.8, 4) is 0 Å². The molecule has 4 heteroatoms. The largest absolute Gasteiger partial charge is 0.461 e. The Morgan fingerprint density at radius 2 is 2.29 bits per heavy atom. The lowest BCUT2D eigenvalue weighted by atomic mass is 10.0. The standard InChI is InChI=1S/C10H15NO3/c1-3-4-9(12)14-6-7(2)8-5-11-10(8)13/h3-6H2,1-2H3,(H,11,13). The zero-order valence-electron chi connectivity index (χ0n) is 8.55. The summed E-state index contributed by atoms with van der Waals surface area (Å²) in [5.41, 5.74) is 1.59. The molecular weight excluding hydrogens is 182 g/mol. The summed E-state index contributed by atoms with van der Waals surface area (Å²) in [6, 6.07) is 0. The van der Waals surface area contributed by atoms with Gasteiger partial charge in [-0.25, -0.2) is 0 Å². The van der Waals surface area contributed by atoms with E-state index in [1.165, 1.54) is 0 Å². The molecule has 1 aliphatic heterocycles. The molecule has 1 fully saturated rings. The highest BCUT2D eigenvalue weighted by molar-refractivity contribution is 6.00. The zero-order chi connectivity index (χ0) is 10.6. The first-order valence-electron chi connectivity index (χ1n) is 4.77. The molecule has 0 saturated carbocycles. The van der Waals surface area contributed by atoms with Crippen molar-refractivity contribution < 1.29 is 14.3 Å². The van der Waals surface area contributed by atoms with E-state index in [9.17, 15) is 9.59 Å². The molecule has 1 saturated heterocycles. The van der Waals surface area contributed by atoms with Gasteiger partial charge in [0.05, 0.1) is 0 Å². The molecule has 0 spiro atoms. The van der Waals surface area contributed by atoms with Crippen molar-refractivity contribution in [1.29, 1.82) is 0 Å².